The van der Waals surface area contributed by atoms with Crippen molar-refractivity contribution in [3.8, 4) is 0 Å². The minimum atomic E-state index is -0.908. The molecular weight excluding hydrogens is 300 g/mol. The highest BCUT2D eigenvalue weighted by Gasteiger charge is 2.36. The van der Waals surface area contributed by atoms with Gasteiger partial charge in [0.05, 0.1) is 4.92 Å². The van der Waals surface area contributed by atoms with Crippen LogP contribution in [-0.4, -0.2) is 34.5 Å². The van der Waals surface area contributed by atoms with Gasteiger partial charge in [0.2, 0.25) is 0 Å². The van der Waals surface area contributed by atoms with Gasteiger partial charge in [-0.05, 0) is 11.6 Å². The van der Waals surface area contributed by atoms with Crippen LogP contribution >= 0.6 is 0 Å². The molecule has 0 aliphatic carbocycles. The lowest BCUT2D eigenvalue weighted by Crippen LogP contribution is -2.46. The Morgan fingerprint density at radius 2 is 2.43 bits per heavy atom. The second kappa shape index (κ2) is 6.70. The minimum absolute atomic E-state index is 0.115. The van der Waals surface area contributed by atoms with Gasteiger partial charge < -0.3 is 20.5 Å². The molecule has 0 saturated carbocycles. The van der Waals surface area contributed by atoms with Crippen LogP contribution in [0.5, 0.6) is 0 Å². The summed E-state index contributed by atoms with van der Waals surface area (Å²) in [6, 6.07) is 3.46. The topological polar surface area (TPSA) is 110 Å². The number of nitro groups is 1. The minimum Gasteiger partial charge on any atom is -0.374 e. The molecule has 0 saturated heterocycles. The van der Waals surface area contributed by atoms with Crippen molar-refractivity contribution in [2.24, 2.45) is 0 Å². The van der Waals surface area contributed by atoms with E-state index in [0.29, 0.717) is 11.7 Å². The number of aliphatic hydroxyl groups excluding tert-OH is 1. The van der Waals surface area contributed by atoms with E-state index >= 15 is 0 Å². The van der Waals surface area contributed by atoms with Crippen LogP contribution in [0.1, 0.15) is 12.0 Å². The second-order valence-corrected chi connectivity index (χ2v) is 4.91. The zero-order chi connectivity index (χ0) is 15.4. The van der Waals surface area contributed by atoms with E-state index in [1.807, 2.05) is 0 Å². The summed E-state index contributed by atoms with van der Waals surface area (Å²) < 4.78 is 5.07. The molecule has 114 valence electrons. The third-order valence-corrected chi connectivity index (χ3v) is 3.30. The molecule has 8 nitrogen and oxygen atoms in total. The van der Waals surface area contributed by atoms with Crippen LogP contribution in [0.4, 0.5) is 0 Å². The molecule has 21 heavy (non-hydrogen) atoms. The number of hydrogen-bond donors (Lipinski definition) is 3. The van der Waals surface area contributed by atoms with E-state index in [9.17, 15) is 15.2 Å². The third-order valence-electron chi connectivity index (χ3n) is 3.06. The number of aromatic nitrogens is 1. The van der Waals surface area contributed by atoms with Gasteiger partial charge in [-0.2, -0.15) is 0 Å². The van der Waals surface area contributed by atoms with Gasteiger partial charge >= 0.3 is 10.9 Å². The monoisotopic (exact) mass is 315 g/mol. The predicted octanol–water partition coefficient (Wildman–Crippen LogP) is -0.360. The van der Waals surface area contributed by atoms with Crippen LogP contribution in [0.15, 0.2) is 29.8 Å². The lowest BCUT2D eigenvalue weighted by atomic mass is 10.1. The number of halogens is 1. The summed E-state index contributed by atoms with van der Waals surface area (Å²) >= 11 is 4.89. The average Bonchev–Trinajstić information content (AvgIpc) is 2.45. The summed E-state index contributed by atoms with van der Waals surface area (Å²) in [7, 11) is 1.37. The molecule has 2 atom stereocenters. The molecule has 2 heterocycles. The molecule has 1 aliphatic rings. The van der Waals surface area contributed by atoms with Gasteiger partial charge in [-0.15, -0.1) is 0 Å². The fraction of sp³-hybridized carbons (Fsp3) is 0.417. The maximum Gasteiger partial charge on any atom is 0.318 e. The molecule has 2 rings (SSSR count). The van der Waals surface area contributed by atoms with Crippen molar-refractivity contribution in [1.29, 1.82) is 0 Å². The Bertz CT molecular complexity index is 549. The molecule has 1 aromatic heterocycles. The Morgan fingerprint density at radius 3 is 3.00 bits per heavy atom. The molecule has 0 bridgehead atoms. The van der Waals surface area contributed by atoms with Crippen molar-refractivity contribution in [3.05, 3.63) is 50.7 Å². The molecule has 9 heteroatoms. The summed E-state index contributed by atoms with van der Waals surface area (Å²) in [5, 5.41) is 26.9. The lowest BCUT2D eigenvalue weighted by Gasteiger charge is -2.27. The summed E-state index contributed by atoms with van der Waals surface area (Å²) in [5.41, 5.74) is 0.685. The van der Waals surface area contributed by atoms with Gasteiger partial charge in [0.1, 0.15) is 6.23 Å². The zero-order valence-corrected chi connectivity index (χ0v) is 12.1. The van der Waals surface area contributed by atoms with Crippen LogP contribution in [0.2, 0.25) is 5.15 Å². The molecule has 0 spiro atoms. The number of aliphatic hydroxyl groups is 1. The highest BCUT2D eigenvalue weighted by atomic mass is 35.5. The molecular formula is C12H16ClN4O4+. The first kappa shape index (κ1) is 15.5. The van der Waals surface area contributed by atoms with E-state index in [0.717, 1.165) is 5.56 Å². The summed E-state index contributed by atoms with van der Waals surface area (Å²) in [6.07, 6.45) is 0.0279. The molecule has 1 aromatic rings. The van der Waals surface area contributed by atoms with Crippen molar-refractivity contribution in [1.82, 2.24) is 15.6 Å². The SMILES string of the molecule is COC1CC(O)NC(NCc2ccc([ClH+])nc2)=C1[N+](=O)[O-]. The van der Waals surface area contributed by atoms with Crippen molar-refractivity contribution < 1.29 is 26.4 Å². The van der Waals surface area contributed by atoms with Crippen LogP contribution < -0.4 is 10.6 Å². The summed E-state index contributed by atoms with van der Waals surface area (Å²) in [5.74, 6) is 0.146. The number of hydrogen-bond acceptors (Lipinski definition) is 7. The van der Waals surface area contributed by atoms with Gasteiger partial charge in [0.25, 0.3) is 0 Å². The Labute approximate surface area is 125 Å². The van der Waals surface area contributed by atoms with Gasteiger partial charge in [0.15, 0.2) is 23.5 Å². The zero-order valence-electron chi connectivity index (χ0n) is 11.3. The highest BCUT2D eigenvalue weighted by molar-refractivity contribution is 5.17. The number of nitrogens with zero attached hydrogens (tertiary/aromatic N) is 2. The lowest BCUT2D eigenvalue weighted by molar-refractivity contribution is -0.440. The molecule has 3 N–H and O–H groups in total. The number of rotatable bonds is 5. The maximum absolute atomic E-state index is 11.2. The van der Waals surface area contributed by atoms with E-state index in [4.69, 9.17) is 16.3 Å². The first-order chi connectivity index (χ1) is 10.0. The average molecular weight is 316 g/mol. The Hall–Kier alpha value is -1.90. The van der Waals surface area contributed by atoms with Crippen molar-refractivity contribution in [3.63, 3.8) is 0 Å². The van der Waals surface area contributed by atoms with E-state index in [2.05, 4.69) is 15.6 Å². The smallest absolute Gasteiger partial charge is 0.318 e. The van der Waals surface area contributed by atoms with Crippen LogP contribution in [0.25, 0.3) is 0 Å². The van der Waals surface area contributed by atoms with Crippen molar-refractivity contribution in [2.75, 3.05) is 7.11 Å². The molecule has 0 fully saturated rings. The molecule has 0 aromatic carbocycles. The second-order valence-electron chi connectivity index (χ2n) is 4.50. The summed E-state index contributed by atoms with van der Waals surface area (Å²) in [6.45, 7) is 0.311. The van der Waals surface area contributed by atoms with Crippen molar-refractivity contribution >= 4 is 0 Å². The normalized spacial score (nSPS) is 21.9. The van der Waals surface area contributed by atoms with E-state index in [-0.39, 0.29) is 17.9 Å². The molecule has 1 aliphatic heterocycles. The van der Waals surface area contributed by atoms with E-state index in [1.165, 1.54) is 7.11 Å². The first-order valence-corrected chi connectivity index (χ1v) is 6.64. The number of pyridine rings is 1. The Kier molecular flexibility index (Phi) is 4.94. The fourth-order valence-corrected chi connectivity index (χ4v) is 2.16. The highest BCUT2D eigenvalue weighted by Crippen LogP contribution is 2.20. The van der Waals surface area contributed by atoms with Gasteiger partial charge in [-0.1, -0.05) is 0 Å². The molecule has 0 amide bonds. The van der Waals surface area contributed by atoms with E-state index < -0.39 is 17.3 Å². The van der Waals surface area contributed by atoms with Crippen LogP contribution in [-0.2, 0) is 11.3 Å². The van der Waals surface area contributed by atoms with Crippen LogP contribution in [0, 0.1) is 21.7 Å². The molecule has 0 radical (unpaired) electrons. The van der Waals surface area contributed by atoms with Crippen LogP contribution in [0.3, 0.4) is 0 Å². The number of ether oxygens (including phenoxy) is 1. The van der Waals surface area contributed by atoms with Crippen molar-refractivity contribution in [2.45, 2.75) is 25.3 Å². The van der Waals surface area contributed by atoms with Gasteiger partial charge in [0, 0.05) is 32.3 Å². The van der Waals surface area contributed by atoms with Gasteiger partial charge in [-0.3, -0.25) is 10.1 Å². The Morgan fingerprint density at radius 1 is 1.67 bits per heavy atom. The maximum atomic E-state index is 11.2. The Balaban J connectivity index is 2.17. The standard InChI is InChI=1S/C12H16ClN4O4/c1-21-8-4-10(18)16-12(11(8)17(19)20)15-6-7-2-3-9(13)14-5-7/h2-3,5,8,10,13,15-16,18H,4,6H2,1H3/q+1. The number of nitrogens with one attached hydrogen (secondary N) is 2. The first-order valence-electron chi connectivity index (χ1n) is 6.23. The number of methoxy groups -OCH3 is 1. The molecule has 2 unspecified atom stereocenters. The third kappa shape index (κ3) is 3.81. The fourth-order valence-electron chi connectivity index (χ4n) is 2.04. The van der Waals surface area contributed by atoms with Gasteiger partial charge in [-0.25, -0.2) is 4.98 Å². The predicted molar refractivity (Wildman–Crippen MR) is 70.2 cm³/mol. The van der Waals surface area contributed by atoms with E-state index in [1.54, 1.807) is 18.3 Å². The summed E-state index contributed by atoms with van der Waals surface area (Å²) in [4.78, 5) is 14.6. The quantitative estimate of drug-likeness (QED) is 0.387. The largest absolute Gasteiger partial charge is 0.374 e.